The minimum atomic E-state index is -0.0265. The van der Waals surface area contributed by atoms with Crippen LogP contribution in [-0.2, 0) is 0 Å². The quantitative estimate of drug-likeness (QED) is 0.668. The predicted octanol–water partition coefficient (Wildman–Crippen LogP) is 3.11. The van der Waals surface area contributed by atoms with Crippen molar-refractivity contribution in [2.24, 2.45) is 0 Å². The Hall–Kier alpha value is -0.770. The molecular formula is C12H18BrNO2. The van der Waals surface area contributed by atoms with Crippen LogP contribution >= 0.6 is 15.9 Å². The number of hydrogen-bond acceptors (Lipinski definition) is 2. The van der Waals surface area contributed by atoms with Crippen LogP contribution in [0.25, 0.3) is 0 Å². The highest BCUT2D eigenvalue weighted by atomic mass is 79.9. The number of hydrogen-bond donors (Lipinski definition) is 1. The van der Waals surface area contributed by atoms with E-state index in [0.717, 1.165) is 29.5 Å². The summed E-state index contributed by atoms with van der Waals surface area (Å²) in [5.41, 5.74) is 1.63. The van der Waals surface area contributed by atoms with Crippen LogP contribution in [0.15, 0.2) is 4.42 Å². The Kier molecular flexibility index (Phi) is 5.06. The standard InChI is InChI=1S/C12H18BrNO2/c1-8-9(2)16-10(3)11(8)12(15)14-7-5-4-6-13/h4-7H2,1-3H3,(H,14,15). The number of carbonyl (C=O) groups is 1. The SMILES string of the molecule is Cc1oc(C)c(C(=O)NCCCCBr)c1C. The molecule has 0 atom stereocenters. The Balaban J connectivity index is 2.59. The van der Waals surface area contributed by atoms with Gasteiger partial charge in [0.05, 0.1) is 5.56 Å². The third kappa shape index (κ3) is 3.11. The number of furan rings is 1. The summed E-state index contributed by atoms with van der Waals surface area (Å²) in [6.45, 7) is 6.34. The number of carbonyl (C=O) groups excluding carboxylic acids is 1. The maximum absolute atomic E-state index is 11.9. The zero-order chi connectivity index (χ0) is 12.1. The molecule has 1 rings (SSSR count). The van der Waals surface area contributed by atoms with E-state index in [1.807, 2.05) is 20.8 Å². The van der Waals surface area contributed by atoms with Crippen LogP contribution in [0.3, 0.4) is 0 Å². The van der Waals surface area contributed by atoms with E-state index in [0.29, 0.717) is 17.9 Å². The zero-order valence-electron chi connectivity index (χ0n) is 10.0. The molecule has 1 heterocycles. The number of halogens is 1. The topological polar surface area (TPSA) is 42.2 Å². The number of amides is 1. The Bertz CT molecular complexity index is 371. The third-order valence-electron chi connectivity index (χ3n) is 2.63. The summed E-state index contributed by atoms with van der Waals surface area (Å²) < 4.78 is 5.43. The lowest BCUT2D eigenvalue weighted by Crippen LogP contribution is -2.25. The zero-order valence-corrected chi connectivity index (χ0v) is 11.6. The van der Waals surface area contributed by atoms with Gasteiger partial charge in [-0.25, -0.2) is 0 Å². The van der Waals surface area contributed by atoms with Crippen molar-refractivity contribution in [2.45, 2.75) is 33.6 Å². The van der Waals surface area contributed by atoms with Crippen LogP contribution in [0.5, 0.6) is 0 Å². The van der Waals surface area contributed by atoms with Crippen molar-refractivity contribution in [3.05, 3.63) is 22.6 Å². The maximum Gasteiger partial charge on any atom is 0.255 e. The van der Waals surface area contributed by atoms with Gasteiger partial charge in [0.25, 0.3) is 5.91 Å². The third-order valence-corrected chi connectivity index (χ3v) is 3.20. The Morgan fingerprint density at radius 2 is 1.94 bits per heavy atom. The highest BCUT2D eigenvalue weighted by Gasteiger charge is 2.17. The lowest BCUT2D eigenvalue weighted by Gasteiger charge is -2.04. The van der Waals surface area contributed by atoms with Crippen molar-refractivity contribution in [1.82, 2.24) is 5.32 Å². The Morgan fingerprint density at radius 3 is 2.44 bits per heavy atom. The van der Waals surface area contributed by atoms with E-state index in [1.165, 1.54) is 0 Å². The van der Waals surface area contributed by atoms with Crippen molar-refractivity contribution in [3.63, 3.8) is 0 Å². The second kappa shape index (κ2) is 6.09. The van der Waals surface area contributed by atoms with Crippen LogP contribution in [0.1, 0.15) is 40.3 Å². The van der Waals surface area contributed by atoms with Gasteiger partial charge in [0.15, 0.2) is 0 Å². The molecule has 90 valence electrons. The van der Waals surface area contributed by atoms with Gasteiger partial charge in [0, 0.05) is 17.4 Å². The average Bonchev–Trinajstić information content (AvgIpc) is 2.48. The van der Waals surface area contributed by atoms with Crippen LogP contribution in [0.2, 0.25) is 0 Å². The molecule has 0 aliphatic rings. The van der Waals surface area contributed by atoms with Gasteiger partial charge in [-0.2, -0.15) is 0 Å². The van der Waals surface area contributed by atoms with E-state index in [4.69, 9.17) is 4.42 Å². The Morgan fingerprint density at radius 1 is 1.25 bits per heavy atom. The molecule has 0 saturated heterocycles. The molecule has 0 saturated carbocycles. The second-order valence-electron chi connectivity index (χ2n) is 3.87. The fraction of sp³-hybridized carbons (Fsp3) is 0.583. The summed E-state index contributed by atoms with van der Waals surface area (Å²) in [4.78, 5) is 11.9. The van der Waals surface area contributed by atoms with Crippen molar-refractivity contribution >= 4 is 21.8 Å². The van der Waals surface area contributed by atoms with Crippen LogP contribution in [-0.4, -0.2) is 17.8 Å². The smallest absolute Gasteiger partial charge is 0.255 e. The van der Waals surface area contributed by atoms with Crippen LogP contribution < -0.4 is 5.32 Å². The summed E-state index contributed by atoms with van der Waals surface area (Å²) in [6, 6.07) is 0. The molecule has 0 fully saturated rings. The molecule has 3 nitrogen and oxygen atoms in total. The van der Waals surface area contributed by atoms with Gasteiger partial charge in [-0.1, -0.05) is 15.9 Å². The first-order valence-electron chi connectivity index (χ1n) is 5.48. The second-order valence-corrected chi connectivity index (χ2v) is 4.66. The van der Waals surface area contributed by atoms with E-state index in [-0.39, 0.29) is 5.91 Å². The van der Waals surface area contributed by atoms with E-state index in [9.17, 15) is 4.79 Å². The van der Waals surface area contributed by atoms with E-state index < -0.39 is 0 Å². The fourth-order valence-electron chi connectivity index (χ4n) is 1.64. The highest BCUT2D eigenvalue weighted by Crippen LogP contribution is 2.20. The van der Waals surface area contributed by atoms with Gasteiger partial charge in [-0.15, -0.1) is 0 Å². The molecule has 4 heteroatoms. The van der Waals surface area contributed by atoms with E-state index in [1.54, 1.807) is 0 Å². The van der Waals surface area contributed by atoms with Gasteiger partial charge < -0.3 is 9.73 Å². The van der Waals surface area contributed by atoms with Gasteiger partial charge in [-0.05, 0) is 33.6 Å². The number of rotatable bonds is 5. The van der Waals surface area contributed by atoms with Crippen molar-refractivity contribution in [3.8, 4) is 0 Å². The molecule has 1 amide bonds. The van der Waals surface area contributed by atoms with Gasteiger partial charge in [-0.3, -0.25) is 4.79 Å². The number of nitrogens with one attached hydrogen (secondary N) is 1. The predicted molar refractivity (Wildman–Crippen MR) is 68.3 cm³/mol. The molecular weight excluding hydrogens is 270 g/mol. The highest BCUT2D eigenvalue weighted by molar-refractivity contribution is 9.09. The van der Waals surface area contributed by atoms with Crippen molar-refractivity contribution in [1.29, 1.82) is 0 Å². The molecule has 16 heavy (non-hydrogen) atoms. The largest absolute Gasteiger partial charge is 0.466 e. The summed E-state index contributed by atoms with van der Waals surface area (Å²) in [5, 5.41) is 3.89. The molecule has 0 unspecified atom stereocenters. The molecule has 0 bridgehead atoms. The van der Waals surface area contributed by atoms with Gasteiger partial charge in [0.1, 0.15) is 11.5 Å². The lowest BCUT2D eigenvalue weighted by molar-refractivity contribution is 0.0951. The average molecular weight is 288 g/mol. The summed E-state index contributed by atoms with van der Waals surface area (Å²) in [6.07, 6.45) is 2.06. The lowest BCUT2D eigenvalue weighted by atomic mass is 10.1. The van der Waals surface area contributed by atoms with Crippen LogP contribution in [0, 0.1) is 20.8 Å². The maximum atomic E-state index is 11.9. The monoisotopic (exact) mass is 287 g/mol. The van der Waals surface area contributed by atoms with Crippen molar-refractivity contribution in [2.75, 3.05) is 11.9 Å². The summed E-state index contributed by atoms with van der Waals surface area (Å²) >= 11 is 3.36. The Labute approximate surface area is 105 Å². The molecule has 1 aromatic heterocycles. The van der Waals surface area contributed by atoms with E-state index in [2.05, 4.69) is 21.2 Å². The van der Waals surface area contributed by atoms with Crippen LogP contribution in [0.4, 0.5) is 0 Å². The number of aryl methyl sites for hydroxylation is 2. The molecule has 0 aliphatic heterocycles. The summed E-state index contributed by atoms with van der Waals surface area (Å²) in [7, 11) is 0. The van der Waals surface area contributed by atoms with Crippen molar-refractivity contribution < 1.29 is 9.21 Å². The molecule has 0 spiro atoms. The molecule has 0 radical (unpaired) electrons. The molecule has 1 aromatic rings. The number of alkyl halides is 1. The minimum Gasteiger partial charge on any atom is -0.466 e. The fourth-order valence-corrected chi connectivity index (χ4v) is 2.03. The number of unbranched alkanes of at least 4 members (excludes halogenated alkanes) is 1. The van der Waals surface area contributed by atoms with Gasteiger partial charge in [0.2, 0.25) is 0 Å². The molecule has 1 N–H and O–H groups in total. The summed E-state index contributed by atoms with van der Waals surface area (Å²) in [5.74, 6) is 1.50. The van der Waals surface area contributed by atoms with E-state index >= 15 is 0 Å². The van der Waals surface area contributed by atoms with Gasteiger partial charge >= 0.3 is 0 Å². The minimum absolute atomic E-state index is 0.0265. The molecule has 0 aromatic carbocycles. The first kappa shape index (κ1) is 13.3. The first-order valence-corrected chi connectivity index (χ1v) is 6.60. The molecule has 0 aliphatic carbocycles. The first-order chi connectivity index (χ1) is 7.57. The normalized spacial score (nSPS) is 10.5.